The summed E-state index contributed by atoms with van der Waals surface area (Å²) in [4.78, 5) is 49.8. The summed E-state index contributed by atoms with van der Waals surface area (Å²) >= 11 is 0. The molecule has 1 fully saturated rings. The van der Waals surface area contributed by atoms with Gasteiger partial charge in [-0.15, -0.1) is 0 Å². The monoisotopic (exact) mass is 500 g/mol. The molecule has 0 spiro atoms. The Bertz CT molecular complexity index is 1180. The van der Waals surface area contributed by atoms with Gasteiger partial charge in [0.15, 0.2) is 11.5 Å². The topological polar surface area (TPSA) is 135 Å². The Kier molecular flexibility index (Phi) is 8.25. The average Bonchev–Trinajstić information content (AvgIpc) is 3.21. The van der Waals surface area contributed by atoms with Gasteiger partial charge in [-0.2, -0.15) is 0 Å². The number of nitrogens with zero attached hydrogens (tertiary/aromatic N) is 2. The lowest BCUT2D eigenvalue weighted by molar-refractivity contribution is -0.384. The van der Waals surface area contributed by atoms with Gasteiger partial charge in [-0.1, -0.05) is 0 Å². The van der Waals surface area contributed by atoms with Gasteiger partial charge >= 0.3 is 11.9 Å². The second-order valence-electron chi connectivity index (χ2n) is 8.39. The van der Waals surface area contributed by atoms with E-state index in [1.807, 2.05) is 11.9 Å². The van der Waals surface area contributed by atoms with Gasteiger partial charge in [0.05, 0.1) is 30.7 Å². The van der Waals surface area contributed by atoms with Crippen LogP contribution in [0.3, 0.4) is 0 Å². The van der Waals surface area contributed by atoms with E-state index in [9.17, 15) is 24.5 Å². The van der Waals surface area contributed by atoms with Crippen molar-refractivity contribution >= 4 is 23.4 Å². The minimum Gasteiger partial charge on any atom is -0.496 e. The van der Waals surface area contributed by atoms with Gasteiger partial charge in [0.2, 0.25) is 0 Å². The van der Waals surface area contributed by atoms with Crippen LogP contribution < -0.4 is 14.2 Å². The number of esters is 2. The highest BCUT2D eigenvalue weighted by Crippen LogP contribution is 2.48. The van der Waals surface area contributed by atoms with E-state index in [0.29, 0.717) is 24.3 Å². The van der Waals surface area contributed by atoms with Crippen molar-refractivity contribution in [2.45, 2.75) is 32.2 Å². The van der Waals surface area contributed by atoms with E-state index in [1.165, 1.54) is 52.3 Å². The minimum atomic E-state index is -0.813. The number of carbonyl (C=O) groups excluding carboxylic acids is 3. The summed E-state index contributed by atoms with van der Waals surface area (Å²) in [5, 5.41) is 11.0. The Hall–Kier alpha value is -3.99. The van der Waals surface area contributed by atoms with Gasteiger partial charge in [-0.05, 0) is 39.1 Å². The fourth-order valence-electron chi connectivity index (χ4n) is 4.41. The molecule has 0 aromatic heterocycles. The molecule has 11 nitrogen and oxygen atoms in total. The van der Waals surface area contributed by atoms with E-state index < -0.39 is 22.6 Å². The molecule has 2 atom stereocenters. The van der Waals surface area contributed by atoms with Crippen LogP contribution >= 0.6 is 0 Å². The van der Waals surface area contributed by atoms with E-state index in [1.54, 1.807) is 6.07 Å². The van der Waals surface area contributed by atoms with Crippen molar-refractivity contribution in [1.29, 1.82) is 0 Å². The van der Waals surface area contributed by atoms with E-state index in [0.717, 1.165) is 0 Å². The first-order valence-electron chi connectivity index (χ1n) is 11.2. The highest BCUT2D eigenvalue weighted by molar-refractivity contribution is 6.02. The number of methoxy groups -OCH3 is 2. The van der Waals surface area contributed by atoms with Crippen LogP contribution in [0.1, 0.15) is 52.5 Å². The second kappa shape index (κ2) is 11.2. The summed E-state index contributed by atoms with van der Waals surface area (Å²) in [6.07, 6.45) is 0.616. The lowest BCUT2D eigenvalue weighted by atomic mass is 9.87. The second-order valence-corrected chi connectivity index (χ2v) is 8.39. The molecular formula is C25H28N2O9. The van der Waals surface area contributed by atoms with Crippen LogP contribution in [0.15, 0.2) is 30.3 Å². The lowest BCUT2D eigenvalue weighted by Gasteiger charge is -2.28. The van der Waals surface area contributed by atoms with Crippen LogP contribution in [0.2, 0.25) is 0 Å². The number of carbonyl (C=O) groups is 3. The van der Waals surface area contributed by atoms with Crippen molar-refractivity contribution in [3.8, 4) is 17.2 Å². The first kappa shape index (κ1) is 26.6. The molecule has 1 aliphatic heterocycles. The van der Waals surface area contributed by atoms with Crippen LogP contribution in [0.5, 0.6) is 17.2 Å². The van der Waals surface area contributed by atoms with Gasteiger partial charge in [0, 0.05) is 36.6 Å². The SMILES string of the molecule is COc1cc(OC)c(C2CCN(C)C2COC(C)=O)c(OC(=O)c2ccc([N+](=O)[O-])cc2)c1C(C)=O. The van der Waals surface area contributed by atoms with Gasteiger partial charge in [-0.25, -0.2) is 4.79 Å². The Balaban J connectivity index is 2.15. The predicted octanol–water partition coefficient (Wildman–Crippen LogP) is 3.38. The van der Waals surface area contributed by atoms with E-state index in [2.05, 4.69) is 0 Å². The van der Waals surface area contributed by atoms with Gasteiger partial charge in [0.25, 0.3) is 5.69 Å². The molecule has 1 aliphatic rings. The molecule has 0 radical (unpaired) electrons. The maximum atomic E-state index is 13.1. The third-order valence-corrected chi connectivity index (χ3v) is 6.20. The van der Waals surface area contributed by atoms with Gasteiger partial charge in [-0.3, -0.25) is 24.6 Å². The Morgan fingerprint density at radius 1 is 1.08 bits per heavy atom. The zero-order valence-corrected chi connectivity index (χ0v) is 20.7. The first-order valence-corrected chi connectivity index (χ1v) is 11.2. The molecule has 11 heteroatoms. The molecule has 0 saturated carbocycles. The number of hydrogen-bond donors (Lipinski definition) is 0. The van der Waals surface area contributed by atoms with E-state index in [-0.39, 0.29) is 46.9 Å². The van der Waals surface area contributed by atoms with E-state index >= 15 is 0 Å². The minimum absolute atomic E-state index is 0.0184. The summed E-state index contributed by atoms with van der Waals surface area (Å²) in [6, 6.07) is 6.23. The smallest absolute Gasteiger partial charge is 0.343 e. The summed E-state index contributed by atoms with van der Waals surface area (Å²) in [5.74, 6) is -1.46. The number of non-ortho nitro benzene ring substituents is 1. The predicted molar refractivity (Wildman–Crippen MR) is 128 cm³/mol. The van der Waals surface area contributed by atoms with Crippen molar-refractivity contribution < 1.29 is 38.3 Å². The fourth-order valence-corrected chi connectivity index (χ4v) is 4.41. The van der Waals surface area contributed by atoms with Gasteiger partial charge in [0.1, 0.15) is 23.7 Å². The zero-order chi connectivity index (χ0) is 26.6. The van der Waals surface area contributed by atoms with Crippen LogP contribution in [0.4, 0.5) is 5.69 Å². The number of ether oxygens (including phenoxy) is 4. The molecule has 36 heavy (non-hydrogen) atoms. The summed E-state index contributed by atoms with van der Waals surface area (Å²) in [6.45, 7) is 3.41. The number of hydrogen-bond acceptors (Lipinski definition) is 10. The standard InChI is InChI=1S/C25H28N2O9/c1-14(28)22-20(33-4)12-21(34-5)23(18-10-11-26(3)19(18)13-35-15(2)29)24(22)36-25(30)16-6-8-17(9-7-16)27(31)32/h6-9,12,18-19H,10-11,13H2,1-5H3. The summed E-state index contributed by atoms with van der Waals surface area (Å²) in [5.41, 5.74) is 0.412. The number of benzene rings is 2. The molecule has 0 amide bonds. The molecule has 0 N–H and O–H groups in total. The highest BCUT2D eigenvalue weighted by Gasteiger charge is 2.40. The number of likely N-dealkylation sites (N-methyl/N-ethyl adjacent to an activating group) is 1. The number of nitro benzene ring substituents is 1. The van der Waals surface area contributed by atoms with Crippen molar-refractivity contribution in [3.63, 3.8) is 0 Å². The maximum absolute atomic E-state index is 13.1. The Morgan fingerprint density at radius 3 is 2.25 bits per heavy atom. The molecule has 2 unspecified atom stereocenters. The van der Waals surface area contributed by atoms with Crippen LogP contribution in [-0.2, 0) is 9.53 Å². The fraction of sp³-hybridized carbons (Fsp3) is 0.400. The van der Waals surface area contributed by atoms with Crippen molar-refractivity contribution in [1.82, 2.24) is 4.90 Å². The number of likely N-dealkylation sites (tertiary alicyclic amines) is 1. The third kappa shape index (κ3) is 5.46. The molecule has 192 valence electrons. The normalized spacial score (nSPS) is 17.4. The van der Waals surface area contributed by atoms with Crippen LogP contribution in [0, 0.1) is 10.1 Å². The number of Topliss-reactive ketones (excluding diaryl/α,β-unsaturated/α-hetero) is 1. The zero-order valence-electron chi connectivity index (χ0n) is 20.7. The van der Waals surface area contributed by atoms with Crippen molar-refractivity contribution in [2.75, 3.05) is 34.4 Å². The lowest BCUT2D eigenvalue weighted by Crippen LogP contribution is -2.34. The van der Waals surface area contributed by atoms with Crippen LogP contribution in [-0.4, -0.2) is 68.0 Å². The maximum Gasteiger partial charge on any atom is 0.343 e. The molecule has 2 aromatic rings. The largest absolute Gasteiger partial charge is 0.496 e. The molecule has 2 aromatic carbocycles. The van der Waals surface area contributed by atoms with Crippen molar-refractivity contribution in [2.24, 2.45) is 0 Å². The molecule has 3 rings (SSSR count). The Morgan fingerprint density at radius 2 is 1.72 bits per heavy atom. The average molecular weight is 501 g/mol. The molecule has 0 bridgehead atoms. The number of ketones is 1. The Labute approximate surface area is 208 Å². The van der Waals surface area contributed by atoms with E-state index in [4.69, 9.17) is 18.9 Å². The van der Waals surface area contributed by atoms with Gasteiger partial charge < -0.3 is 18.9 Å². The summed E-state index contributed by atoms with van der Waals surface area (Å²) in [7, 11) is 4.72. The van der Waals surface area contributed by atoms with Crippen molar-refractivity contribution in [3.05, 3.63) is 57.1 Å². The third-order valence-electron chi connectivity index (χ3n) is 6.20. The molecular weight excluding hydrogens is 472 g/mol. The highest BCUT2D eigenvalue weighted by atomic mass is 16.6. The first-order chi connectivity index (χ1) is 17.1. The molecule has 0 aliphatic carbocycles. The molecule has 1 heterocycles. The van der Waals surface area contributed by atoms with Crippen LogP contribution in [0.25, 0.3) is 0 Å². The number of nitro groups is 1. The molecule has 1 saturated heterocycles. The quantitative estimate of drug-likeness (QED) is 0.166. The number of rotatable bonds is 9. The summed E-state index contributed by atoms with van der Waals surface area (Å²) < 4.78 is 22.2.